The number of carboxylic acids is 1. The van der Waals surface area contributed by atoms with Gasteiger partial charge in [-0.15, -0.1) is 0 Å². The van der Waals surface area contributed by atoms with Crippen molar-refractivity contribution >= 4 is 12.0 Å². The van der Waals surface area contributed by atoms with Gasteiger partial charge in [0.25, 0.3) is 0 Å². The number of likely N-dealkylation sites (tertiary alicyclic amines) is 1. The second kappa shape index (κ2) is 7.96. The number of carbonyl (C=O) groups excluding carboxylic acids is 1. The van der Waals surface area contributed by atoms with Crippen LogP contribution in [0.15, 0.2) is 0 Å². The van der Waals surface area contributed by atoms with Crippen molar-refractivity contribution in [3.63, 3.8) is 0 Å². The van der Waals surface area contributed by atoms with Crippen LogP contribution in [0.4, 0.5) is 4.79 Å². The molecule has 0 bridgehead atoms. The number of aliphatic hydroxyl groups is 1. The van der Waals surface area contributed by atoms with E-state index in [2.05, 4.69) is 5.32 Å². The normalized spacial score (nSPS) is 18.1. The Morgan fingerprint density at radius 3 is 2.58 bits per heavy atom. The van der Waals surface area contributed by atoms with Crippen LogP contribution in [0.1, 0.15) is 19.3 Å². The minimum Gasteiger partial charge on any atom is -0.479 e. The second-order valence-electron chi connectivity index (χ2n) is 4.76. The Morgan fingerprint density at radius 1 is 1.42 bits per heavy atom. The van der Waals surface area contributed by atoms with Gasteiger partial charge in [0.15, 0.2) is 6.10 Å². The topological polar surface area (TPSA) is 99.1 Å². The van der Waals surface area contributed by atoms with Crippen LogP contribution in [0.2, 0.25) is 0 Å². The van der Waals surface area contributed by atoms with Gasteiger partial charge in [-0.2, -0.15) is 0 Å². The standard InChI is InChI=1S/C12H22N2O5/c1-19-8-9-3-6-14(7-4-9)12(18)13-5-2-10(15)11(16)17/h9-10,15H,2-8H2,1H3,(H,13,18)(H,16,17). The average molecular weight is 274 g/mol. The van der Waals surface area contributed by atoms with Crippen molar-refractivity contribution in [2.75, 3.05) is 33.4 Å². The monoisotopic (exact) mass is 274 g/mol. The number of ether oxygens (including phenoxy) is 1. The zero-order valence-electron chi connectivity index (χ0n) is 11.2. The van der Waals surface area contributed by atoms with Crippen molar-refractivity contribution in [3.8, 4) is 0 Å². The maximum absolute atomic E-state index is 11.8. The first-order valence-corrected chi connectivity index (χ1v) is 6.47. The molecule has 1 fully saturated rings. The van der Waals surface area contributed by atoms with Gasteiger partial charge in [-0.3, -0.25) is 0 Å². The lowest BCUT2D eigenvalue weighted by Crippen LogP contribution is -2.45. The molecule has 1 heterocycles. The molecule has 0 spiro atoms. The van der Waals surface area contributed by atoms with Gasteiger partial charge in [-0.25, -0.2) is 9.59 Å². The lowest BCUT2D eigenvalue weighted by atomic mass is 9.98. The molecule has 0 aromatic rings. The molecule has 110 valence electrons. The largest absolute Gasteiger partial charge is 0.479 e. The number of piperidine rings is 1. The summed E-state index contributed by atoms with van der Waals surface area (Å²) in [6.45, 7) is 2.24. The molecule has 19 heavy (non-hydrogen) atoms. The van der Waals surface area contributed by atoms with E-state index in [9.17, 15) is 9.59 Å². The predicted octanol–water partition coefficient (Wildman–Crippen LogP) is -0.110. The van der Waals surface area contributed by atoms with E-state index in [1.165, 1.54) is 0 Å². The predicted molar refractivity (Wildman–Crippen MR) is 67.8 cm³/mol. The summed E-state index contributed by atoms with van der Waals surface area (Å²) in [5, 5.41) is 20.2. The van der Waals surface area contributed by atoms with E-state index in [0.717, 1.165) is 19.4 Å². The molecule has 0 radical (unpaired) electrons. The van der Waals surface area contributed by atoms with Crippen LogP contribution in [-0.2, 0) is 9.53 Å². The first-order chi connectivity index (χ1) is 9.04. The molecule has 1 saturated heterocycles. The van der Waals surface area contributed by atoms with Gasteiger partial charge in [-0.05, 0) is 18.8 Å². The van der Waals surface area contributed by atoms with Crippen LogP contribution in [0.5, 0.6) is 0 Å². The lowest BCUT2D eigenvalue weighted by Gasteiger charge is -2.31. The first-order valence-electron chi connectivity index (χ1n) is 6.47. The Hall–Kier alpha value is -1.34. The Bertz CT molecular complexity index is 302. The van der Waals surface area contributed by atoms with Crippen molar-refractivity contribution in [2.24, 2.45) is 5.92 Å². The van der Waals surface area contributed by atoms with Gasteiger partial charge in [0.1, 0.15) is 0 Å². The van der Waals surface area contributed by atoms with Crippen molar-refractivity contribution in [3.05, 3.63) is 0 Å². The lowest BCUT2D eigenvalue weighted by molar-refractivity contribution is -0.146. The Kier molecular flexibility index (Phi) is 6.58. The third-order valence-corrected chi connectivity index (χ3v) is 3.28. The van der Waals surface area contributed by atoms with E-state index in [1.54, 1.807) is 12.0 Å². The molecule has 3 N–H and O–H groups in total. The summed E-state index contributed by atoms with van der Waals surface area (Å²) in [5.41, 5.74) is 0. The molecule has 0 saturated carbocycles. The molecular weight excluding hydrogens is 252 g/mol. The molecule has 0 aromatic heterocycles. The van der Waals surface area contributed by atoms with Crippen molar-refractivity contribution < 1.29 is 24.5 Å². The number of hydrogen-bond donors (Lipinski definition) is 3. The zero-order chi connectivity index (χ0) is 14.3. The number of aliphatic carboxylic acids is 1. The molecule has 2 amide bonds. The van der Waals surface area contributed by atoms with E-state index in [-0.39, 0.29) is 19.0 Å². The maximum Gasteiger partial charge on any atom is 0.332 e. The number of rotatable bonds is 6. The summed E-state index contributed by atoms with van der Waals surface area (Å²) in [6, 6.07) is -0.201. The highest BCUT2D eigenvalue weighted by Crippen LogP contribution is 2.17. The number of nitrogens with one attached hydrogen (secondary N) is 1. The minimum absolute atomic E-state index is 0.0151. The third kappa shape index (κ3) is 5.44. The number of carboxylic acid groups (broad SMARTS) is 1. The minimum atomic E-state index is -1.42. The molecule has 1 aliphatic heterocycles. The number of methoxy groups -OCH3 is 1. The highest BCUT2D eigenvalue weighted by atomic mass is 16.5. The Labute approximate surface area is 112 Å². The average Bonchev–Trinajstić information content (AvgIpc) is 2.39. The highest BCUT2D eigenvalue weighted by molar-refractivity contribution is 5.74. The maximum atomic E-state index is 11.8. The van der Waals surface area contributed by atoms with Gasteiger partial charge in [0.05, 0.1) is 0 Å². The van der Waals surface area contributed by atoms with E-state index >= 15 is 0 Å². The molecule has 1 aliphatic rings. The van der Waals surface area contributed by atoms with Crippen LogP contribution in [0.3, 0.4) is 0 Å². The van der Waals surface area contributed by atoms with Gasteiger partial charge >= 0.3 is 12.0 Å². The van der Waals surface area contributed by atoms with Crippen molar-refractivity contribution in [1.29, 1.82) is 0 Å². The molecule has 7 nitrogen and oxygen atoms in total. The Morgan fingerprint density at radius 2 is 2.05 bits per heavy atom. The van der Waals surface area contributed by atoms with Crippen LogP contribution < -0.4 is 5.32 Å². The SMILES string of the molecule is COCC1CCN(C(=O)NCCC(O)C(=O)O)CC1. The third-order valence-electron chi connectivity index (χ3n) is 3.28. The Balaban J connectivity index is 2.19. The summed E-state index contributed by atoms with van der Waals surface area (Å²) in [5.74, 6) is -0.766. The number of hydrogen-bond acceptors (Lipinski definition) is 4. The fourth-order valence-electron chi connectivity index (χ4n) is 2.09. The molecule has 1 atom stereocenters. The number of carbonyl (C=O) groups is 2. The number of amides is 2. The zero-order valence-corrected chi connectivity index (χ0v) is 11.2. The molecule has 0 aromatic carbocycles. The van der Waals surface area contributed by atoms with Gasteiger partial charge < -0.3 is 25.2 Å². The van der Waals surface area contributed by atoms with E-state index in [4.69, 9.17) is 14.9 Å². The first kappa shape index (κ1) is 15.7. The fourth-order valence-corrected chi connectivity index (χ4v) is 2.09. The van der Waals surface area contributed by atoms with Gasteiger partial charge in [-0.1, -0.05) is 0 Å². The highest BCUT2D eigenvalue weighted by Gasteiger charge is 2.22. The van der Waals surface area contributed by atoms with Gasteiger partial charge in [0, 0.05) is 39.8 Å². The van der Waals surface area contributed by atoms with E-state index in [1.807, 2.05) is 0 Å². The summed E-state index contributed by atoms with van der Waals surface area (Å²) < 4.78 is 5.09. The smallest absolute Gasteiger partial charge is 0.332 e. The van der Waals surface area contributed by atoms with E-state index < -0.39 is 12.1 Å². The summed E-state index contributed by atoms with van der Waals surface area (Å²) in [7, 11) is 1.67. The van der Waals surface area contributed by atoms with Gasteiger partial charge in [0.2, 0.25) is 0 Å². The van der Waals surface area contributed by atoms with Crippen LogP contribution >= 0.6 is 0 Å². The van der Waals surface area contributed by atoms with Crippen LogP contribution in [0, 0.1) is 5.92 Å². The summed E-state index contributed by atoms with van der Waals surface area (Å²) in [4.78, 5) is 23.9. The molecular formula is C12H22N2O5. The number of nitrogens with zero attached hydrogens (tertiary/aromatic N) is 1. The number of aliphatic hydroxyl groups excluding tert-OH is 1. The molecule has 0 aliphatic carbocycles. The quantitative estimate of drug-likeness (QED) is 0.627. The second-order valence-corrected chi connectivity index (χ2v) is 4.76. The van der Waals surface area contributed by atoms with Crippen LogP contribution in [-0.4, -0.2) is 66.6 Å². The van der Waals surface area contributed by atoms with Crippen LogP contribution in [0.25, 0.3) is 0 Å². The fraction of sp³-hybridized carbons (Fsp3) is 0.833. The molecule has 1 rings (SSSR count). The molecule has 7 heteroatoms. The van der Waals surface area contributed by atoms with Crippen molar-refractivity contribution in [1.82, 2.24) is 10.2 Å². The van der Waals surface area contributed by atoms with Crippen molar-refractivity contribution in [2.45, 2.75) is 25.4 Å². The van der Waals surface area contributed by atoms with E-state index in [0.29, 0.717) is 19.0 Å². The summed E-state index contributed by atoms with van der Waals surface area (Å²) >= 11 is 0. The number of urea groups is 1. The summed E-state index contributed by atoms with van der Waals surface area (Å²) in [6.07, 6.45) is 0.423. The molecule has 1 unspecified atom stereocenters.